The molecule has 0 spiro atoms. The molecule has 4 aromatic rings. The first kappa shape index (κ1) is 32.8. The van der Waals surface area contributed by atoms with Crippen molar-refractivity contribution in [2.24, 2.45) is 0 Å². The fourth-order valence-electron chi connectivity index (χ4n) is 8.05. The Bertz CT molecular complexity index is 2110. The molecule has 1 amide bonds. The van der Waals surface area contributed by atoms with Crippen molar-refractivity contribution >= 4 is 49.1 Å². The Balaban J connectivity index is 1.32. The van der Waals surface area contributed by atoms with Gasteiger partial charge in [-0.25, -0.2) is 13.2 Å². The average molecular weight is 716 g/mol. The van der Waals surface area contributed by atoms with Gasteiger partial charge in [-0.05, 0) is 49.9 Å². The summed E-state index contributed by atoms with van der Waals surface area (Å²) in [6, 6.07) is 3.78. The van der Waals surface area contributed by atoms with Gasteiger partial charge in [-0.1, -0.05) is 6.07 Å². The van der Waals surface area contributed by atoms with Crippen molar-refractivity contribution in [1.82, 2.24) is 19.8 Å². The van der Waals surface area contributed by atoms with Gasteiger partial charge in [0.05, 0.1) is 27.4 Å². The van der Waals surface area contributed by atoms with E-state index in [0.717, 1.165) is 37.5 Å². The molecule has 262 valence electrons. The summed E-state index contributed by atoms with van der Waals surface area (Å²) < 4.78 is 97.3. The Morgan fingerprint density at radius 1 is 1.22 bits per heavy atom. The predicted octanol–water partition coefficient (Wildman–Crippen LogP) is 6.42. The molecular formula is C34H31F6N7O2S. The highest BCUT2D eigenvalue weighted by Crippen LogP contribution is 2.48. The summed E-state index contributed by atoms with van der Waals surface area (Å²) in [6.45, 7) is 1.23. The van der Waals surface area contributed by atoms with Crippen LogP contribution in [-0.2, 0) is 11.0 Å². The molecule has 16 heteroatoms. The number of fused-ring (bicyclic) bond motifs is 3. The van der Waals surface area contributed by atoms with Crippen molar-refractivity contribution in [3.05, 3.63) is 41.0 Å². The number of likely N-dealkylation sites (tertiary alicyclic amines) is 1. The zero-order valence-electron chi connectivity index (χ0n) is 26.8. The molecule has 1 saturated carbocycles. The predicted molar refractivity (Wildman–Crippen MR) is 174 cm³/mol. The fourth-order valence-corrected chi connectivity index (χ4v) is 9.00. The van der Waals surface area contributed by atoms with Crippen LogP contribution in [-0.4, -0.2) is 82.8 Å². The van der Waals surface area contributed by atoms with E-state index in [2.05, 4.69) is 9.97 Å². The highest BCUT2D eigenvalue weighted by Gasteiger charge is 2.50. The summed E-state index contributed by atoms with van der Waals surface area (Å²) in [4.78, 5) is 27.0. The van der Waals surface area contributed by atoms with Gasteiger partial charge in [-0.3, -0.25) is 9.69 Å². The molecule has 0 unspecified atom stereocenters. The largest absolute Gasteiger partial charge is 0.461 e. The second kappa shape index (κ2) is 11.6. The first-order valence-electron chi connectivity index (χ1n) is 16.4. The van der Waals surface area contributed by atoms with Gasteiger partial charge in [0, 0.05) is 55.4 Å². The van der Waals surface area contributed by atoms with Crippen molar-refractivity contribution in [2.75, 3.05) is 43.9 Å². The summed E-state index contributed by atoms with van der Waals surface area (Å²) >= 11 is 0.679. The maximum Gasteiger partial charge on any atom is 0.417 e. The van der Waals surface area contributed by atoms with Gasteiger partial charge >= 0.3 is 12.2 Å². The molecule has 9 nitrogen and oxygen atoms in total. The lowest BCUT2D eigenvalue weighted by Gasteiger charge is -2.31. The minimum atomic E-state index is -5.12. The number of amides is 1. The molecule has 2 aromatic heterocycles. The quantitative estimate of drug-likeness (QED) is 0.219. The molecule has 0 bridgehead atoms. The number of benzene rings is 2. The molecule has 1 aliphatic carbocycles. The Labute approximate surface area is 286 Å². The first-order chi connectivity index (χ1) is 23.8. The van der Waals surface area contributed by atoms with Crippen LogP contribution in [0.3, 0.4) is 0 Å². The molecule has 2 aromatic carbocycles. The molecule has 0 radical (unpaired) electrons. The molecular weight excluding hydrogens is 684 g/mol. The van der Waals surface area contributed by atoms with Crippen LogP contribution in [0.15, 0.2) is 18.2 Å². The van der Waals surface area contributed by atoms with Gasteiger partial charge in [0.15, 0.2) is 5.82 Å². The SMILES string of the molecule is CN(c1nc(OC[C@@]23CCCN2C[C@H](F)C3)nc2c(F)c(-c3ccc(F)c4sc(N)c(C#N)c34)c(C(F)(F)F)cc12)[C@H]1CC(=O)N(C2CC2)C1. The fraction of sp³-hybridized carbons (Fsp3) is 0.471. The van der Waals surface area contributed by atoms with Crippen molar-refractivity contribution < 1.29 is 35.9 Å². The van der Waals surface area contributed by atoms with Crippen LogP contribution < -0.4 is 15.4 Å². The van der Waals surface area contributed by atoms with Crippen LogP contribution in [0.25, 0.3) is 32.1 Å². The first-order valence-corrected chi connectivity index (χ1v) is 17.2. The number of alkyl halides is 4. The lowest BCUT2D eigenvalue weighted by atomic mass is 9.92. The van der Waals surface area contributed by atoms with E-state index >= 15 is 4.39 Å². The summed E-state index contributed by atoms with van der Waals surface area (Å²) in [5, 5.41) is 9.18. The number of aromatic nitrogens is 2. The van der Waals surface area contributed by atoms with Crippen LogP contribution in [0.4, 0.5) is 37.2 Å². The highest BCUT2D eigenvalue weighted by molar-refractivity contribution is 7.23. The molecule has 2 N–H and O–H groups in total. The second-order valence-electron chi connectivity index (χ2n) is 13.7. The van der Waals surface area contributed by atoms with E-state index in [1.54, 1.807) is 16.8 Å². The molecule has 3 atom stereocenters. The van der Waals surface area contributed by atoms with Gasteiger partial charge in [-0.15, -0.1) is 11.3 Å². The van der Waals surface area contributed by atoms with Crippen LogP contribution in [0.1, 0.15) is 49.7 Å². The lowest BCUT2D eigenvalue weighted by Crippen LogP contribution is -2.43. The maximum absolute atomic E-state index is 17.1. The van der Waals surface area contributed by atoms with Gasteiger partial charge in [0.25, 0.3) is 0 Å². The van der Waals surface area contributed by atoms with E-state index in [4.69, 9.17) is 10.5 Å². The summed E-state index contributed by atoms with van der Waals surface area (Å²) in [5.74, 6) is -2.37. The minimum absolute atomic E-state index is 0.0210. The van der Waals surface area contributed by atoms with E-state index in [-0.39, 0.29) is 81.4 Å². The number of hydrogen-bond acceptors (Lipinski definition) is 9. The number of likely N-dealkylation sites (N-methyl/N-ethyl adjacent to an activating group) is 1. The summed E-state index contributed by atoms with van der Waals surface area (Å²) in [7, 11) is 1.58. The van der Waals surface area contributed by atoms with E-state index in [1.165, 1.54) is 0 Å². The summed E-state index contributed by atoms with van der Waals surface area (Å²) in [6.07, 6.45) is -2.62. The third-order valence-corrected chi connectivity index (χ3v) is 11.7. The standard InChI is InChI=1S/C34H31F6N7O2S/c1-45(18-9-24(48)47(14-18)17-3-4-17)31-20-10-22(34(38,39)40)26(19-5-6-23(36)29-25(19)21(12-41)30(42)50-29)27(37)28(20)43-32(44-31)49-15-33-7-2-8-46(33)13-16(35)11-33/h5-6,10,16-18H,2-4,7-9,11,13-15,42H2,1H3/t16-,18+,33+/m1/s1. The number of carbonyl (C=O) groups excluding carboxylic acids is 1. The smallest absolute Gasteiger partial charge is 0.417 e. The van der Waals surface area contributed by atoms with Crippen molar-refractivity contribution in [3.63, 3.8) is 0 Å². The number of halogens is 6. The number of rotatable bonds is 7. The number of anilines is 2. The topological polar surface area (TPSA) is 112 Å². The number of ether oxygens (including phenoxy) is 1. The summed E-state index contributed by atoms with van der Waals surface area (Å²) in [5.41, 5.74) is 1.85. The van der Waals surface area contributed by atoms with Gasteiger partial charge in [-0.2, -0.15) is 28.4 Å². The Hall–Kier alpha value is -4.36. The molecule has 5 heterocycles. The number of nitrogens with two attached hydrogens (primary N) is 1. The number of carbonyl (C=O) groups is 1. The van der Waals surface area contributed by atoms with E-state index in [0.29, 0.717) is 30.8 Å². The molecule has 50 heavy (non-hydrogen) atoms. The zero-order valence-corrected chi connectivity index (χ0v) is 27.6. The van der Waals surface area contributed by atoms with Crippen LogP contribution in [0, 0.1) is 23.0 Å². The molecule has 3 saturated heterocycles. The van der Waals surface area contributed by atoms with Gasteiger partial charge < -0.3 is 20.3 Å². The number of nitrogens with zero attached hydrogens (tertiary/aromatic N) is 6. The molecule has 8 rings (SSSR count). The van der Waals surface area contributed by atoms with E-state index < -0.39 is 52.2 Å². The minimum Gasteiger partial charge on any atom is -0.461 e. The highest BCUT2D eigenvalue weighted by atomic mass is 32.1. The zero-order chi connectivity index (χ0) is 35.3. The van der Waals surface area contributed by atoms with Crippen LogP contribution in [0.5, 0.6) is 6.01 Å². The van der Waals surface area contributed by atoms with E-state index in [1.807, 2.05) is 11.0 Å². The Morgan fingerprint density at radius 2 is 2.00 bits per heavy atom. The second-order valence-corrected chi connectivity index (χ2v) is 14.8. The third-order valence-electron chi connectivity index (χ3n) is 10.6. The normalized spacial score (nSPS) is 24.0. The van der Waals surface area contributed by atoms with Crippen LogP contribution in [0.2, 0.25) is 0 Å². The van der Waals surface area contributed by atoms with Crippen LogP contribution >= 0.6 is 11.3 Å². The maximum atomic E-state index is 17.1. The Kier molecular flexibility index (Phi) is 7.61. The van der Waals surface area contributed by atoms with Gasteiger partial charge in [0.1, 0.15) is 41.0 Å². The van der Waals surface area contributed by atoms with E-state index in [9.17, 15) is 32.0 Å². The van der Waals surface area contributed by atoms with Crippen molar-refractivity contribution in [3.8, 4) is 23.2 Å². The average Bonchev–Trinajstić information content (AvgIpc) is 3.41. The van der Waals surface area contributed by atoms with Crippen molar-refractivity contribution in [2.45, 2.75) is 68.5 Å². The number of thiophene rings is 1. The monoisotopic (exact) mass is 715 g/mol. The van der Waals surface area contributed by atoms with Gasteiger partial charge in [0.2, 0.25) is 5.91 Å². The third kappa shape index (κ3) is 5.19. The molecule has 4 aliphatic rings. The lowest BCUT2D eigenvalue weighted by molar-refractivity contribution is -0.137. The Morgan fingerprint density at radius 3 is 2.72 bits per heavy atom. The number of hydrogen-bond donors (Lipinski definition) is 1. The van der Waals surface area contributed by atoms with Crippen molar-refractivity contribution in [1.29, 1.82) is 5.26 Å². The molecule has 3 aliphatic heterocycles. The number of nitriles is 1. The number of nitrogen functional groups attached to an aromatic ring is 1. The molecule has 4 fully saturated rings.